The van der Waals surface area contributed by atoms with Crippen LogP contribution in [-0.2, 0) is 4.74 Å². The van der Waals surface area contributed by atoms with Crippen molar-refractivity contribution in [2.75, 3.05) is 13.7 Å². The number of hydrogen-bond donors (Lipinski definition) is 1. The summed E-state index contributed by atoms with van der Waals surface area (Å²) in [5.74, 6) is 0.323. The molecule has 2 nitrogen and oxygen atoms in total. The van der Waals surface area contributed by atoms with Gasteiger partial charge in [-0.15, -0.1) is 0 Å². The van der Waals surface area contributed by atoms with Crippen LogP contribution in [0.2, 0.25) is 0 Å². The number of ether oxygens (including phenoxy) is 1. The molecule has 0 aliphatic heterocycles. The van der Waals surface area contributed by atoms with E-state index >= 15 is 0 Å². The summed E-state index contributed by atoms with van der Waals surface area (Å²) in [6, 6.07) is 0. The van der Waals surface area contributed by atoms with E-state index in [1.807, 2.05) is 0 Å². The number of hydrogen-bond acceptors (Lipinski definition) is 2. The van der Waals surface area contributed by atoms with E-state index in [1.165, 1.54) is 6.42 Å². The van der Waals surface area contributed by atoms with E-state index in [2.05, 4.69) is 13.5 Å². The fourth-order valence-corrected chi connectivity index (χ4v) is 2.15. The Labute approximate surface area is 80.6 Å². The number of methoxy groups -OCH3 is 1. The van der Waals surface area contributed by atoms with Crippen molar-refractivity contribution >= 4 is 0 Å². The zero-order valence-corrected chi connectivity index (χ0v) is 8.68. The van der Waals surface area contributed by atoms with Crippen LogP contribution < -0.4 is 0 Å². The smallest absolute Gasteiger partial charge is 0.0901 e. The highest BCUT2D eigenvalue weighted by Crippen LogP contribution is 2.38. The van der Waals surface area contributed by atoms with Crippen molar-refractivity contribution in [3.05, 3.63) is 12.2 Å². The largest absolute Gasteiger partial charge is 0.385 e. The van der Waals surface area contributed by atoms with E-state index in [0.29, 0.717) is 12.5 Å². The lowest BCUT2D eigenvalue weighted by Crippen LogP contribution is -2.42. The standard InChI is InChI=1S/C11H20O2/c1-9-6-4-5-7-11(9,12)10(2)8-13-3/h9,12H,2,4-8H2,1,3H3. The van der Waals surface area contributed by atoms with E-state index in [0.717, 1.165) is 24.8 Å². The molecule has 1 fully saturated rings. The Kier molecular flexibility index (Phi) is 3.51. The van der Waals surface area contributed by atoms with Crippen molar-refractivity contribution in [3.8, 4) is 0 Å². The summed E-state index contributed by atoms with van der Waals surface area (Å²) in [5, 5.41) is 10.4. The molecule has 0 saturated heterocycles. The SMILES string of the molecule is C=C(COC)C1(O)CCCCC1C. The fourth-order valence-electron chi connectivity index (χ4n) is 2.15. The summed E-state index contributed by atoms with van der Waals surface area (Å²) in [4.78, 5) is 0. The van der Waals surface area contributed by atoms with Gasteiger partial charge in [-0.05, 0) is 24.3 Å². The van der Waals surface area contributed by atoms with Gasteiger partial charge in [-0.3, -0.25) is 0 Å². The second-order valence-corrected chi connectivity index (χ2v) is 4.11. The van der Waals surface area contributed by atoms with E-state index in [9.17, 15) is 5.11 Å². The summed E-state index contributed by atoms with van der Waals surface area (Å²) < 4.78 is 5.01. The Bertz CT molecular complexity index is 189. The molecule has 1 N–H and O–H groups in total. The van der Waals surface area contributed by atoms with Gasteiger partial charge in [-0.25, -0.2) is 0 Å². The van der Waals surface area contributed by atoms with Gasteiger partial charge in [0.25, 0.3) is 0 Å². The second kappa shape index (κ2) is 4.25. The zero-order valence-electron chi connectivity index (χ0n) is 8.68. The Morgan fingerprint density at radius 2 is 2.31 bits per heavy atom. The molecule has 1 rings (SSSR count). The third-order valence-corrected chi connectivity index (χ3v) is 3.19. The molecule has 2 heteroatoms. The molecule has 0 spiro atoms. The van der Waals surface area contributed by atoms with Gasteiger partial charge in [0.15, 0.2) is 0 Å². The molecule has 0 heterocycles. The van der Waals surface area contributed by atoms with Gasteiger partial charge in [0.05, 0.1) is 12.2 Å². The summed E-state index contributed by atoms with van der Waals surface area (Å²) in [5.41, 5.74) is 0.163. The molecule has 2 unspecified atom stereocenters. The van der Waals surface area contributed by atoms with Gasteiger partial charge in [0.1, 0.15) is 0 Å². The van der Waals surface area contributed by atoms with Crippen LogP contribution >= 0.6 is 0 Å². The average Bonchev–Trinajstić information content (AvgIpc) is 2.11. The topological polar surface area (TPSA) is 29.5 Å². The van der Waals surface area contributed by atoms with Crippen LogP contribution in [-0.4, -0.2) is 24.4 Å². The van der Waals surface area contributed by atoms with Gasteiger partial charge in [0, 0.05) is 7.11 Å². The maximum absolute atomic E-state index is 10.4. The summed E-state index contributed by atoms with van der Waals surface area (Å²) in [6.45, 7) is 6.49. The lowest BCUT2D eigenvalue weighted by Gasteiger charge is -2.39. The summed E-state index contributed by atoms with van der Waals surface area (Å²) >= 11 is 0. The fraction of sp³-hybridized carbons (Fsp3) is 0.818. The molecular weight excluding hydrogens is 164 g/mol. The predicted octanol–water partition coefficient (Wildman–Crippen LogP) is 2.13. The van der Waals surface area contributed by atoms with Crippen molar-refractivity contribution in [1.82, 2.24) is 0 Å². The summed E-state index contributed by atoms with van der Waals surface area (Å²) in [6.07, 6.45) is 4.27. The lowest BCUT2D eigenvalue weighted by molar-refractivity contribution is -0.0172. The second-order valence-electron chi connectivity index (χ2n) is 4.11. The first-order chi connectivity index (χ1) is 6.11. The molecule has 0 radical (unpaired) electrons. The molecule has 0 aromatic carbocycles. The molecule has 1 aliphatic carbocycles. The molecule has 1 saturated carbocycles. The Morgan fingerprint density at radius 3 is 2.85 bits per heavy atom. The highest BCUT2D eigenvalue weighted by atomic mass is 16.5. The maximum Gasteiger partial charge on any atom is 0.0901 e. The van der Waals surface area contributed by atoms with Gasteiger partial charge >= 0.3 is 0 Å². The van der Waals surface area contributed by atoms with Crippen LogP contribution in [0.4, 0.5) is 0 Å². The normalized spacial score (nSPS) is 34.5. The predicted molar refractivity (Wildman–Crippen MR) is 53.6 cm³/mol. The van der Waals surface area contributed by atoms with Crippen molar-refractivity contribution < 1.29 is 9.84 Å². The first kappa shape index (κ1) is 10.7. The van der Waals surface area contributed by atoms with E-state index in [-0.39, 0.29) is 0 Å². The minimum atomic E-state index is -0.672. The van der Waals surface area contributed by atoms with E-state index in [1.54, 1.807) is 7.11 Å². The van der Waals surface area contributed by atoms with Crippen LogP contribution in [0.5, 0.6) is 0 Å². The molecule has 0 aromatic rings. The minimum Gasteiger partial charge on any atom is -0.385 e. The monoisotopic (exact) mass is 184 g/mol. The molecule has 13 heavy (non-hydrogen) atoms. The highest BCUT2D eigenvalue weighted by Gasteiger charge is 2.38. The minimum absolute atomic E-state index is 0.323. The van der Waals surface area contributed by atoms with Crippen LogP contribution in [0.15, 0.2) is 12.2 Å². The summed E-state index contributed by atoms with van der Waals surface area (Å²) in [7, 11) is 1.64. The van der Waals surface area contributed by atoms with Gasteiger partial charge < -0.3 is 9.84 Å². The van der Waals surface area contributed by atoms with Gasteiger partial charge in [-0.2, -0.15) is 0 Å². The Balaban J connectivity index is 2.65. The molecule has 0 aromatic heterocycles. The first-order valence-corrected chi connectivity index (χ1v) is 5.01. The first-order valence-electron chi connectivity index (χ1n) is 5.01. The molecule has 0 bridgehead atoms. The van der Waals surface area contributed by atoms with E-state index < -0.39 is 5.60 Å². The quantitative estimate of drug-likeness (QED) is 0.681. The average molecular weight is 184 g/mol. The van der Waals surface area contributed by atoms with Gasteiger partial charge in [-0.1, -0.05) is 26.3 Å². The van der Waals surface area contributed by atoms with Crippen molar-refractivity contribution in [1.29, 1.82) is 0 Å². The third kappa shape index (κ3) is 2.12. The Hall–Kier alpha value is -0.340. The van der Waals surface area contributed by atoms with Crippen LogP contribution in [0.1, 0.15) is 32.6 Å². The van der Waals surface area contributed by atoms with Crippen LogP contribution in [0.3, 0.4) is 0 Å². The molecule has 76 valence electrons. The lowest BCUT2D eigenvalue weighted by atomic mass is 9.72. The van der Waals surface area contributed by atoms with Crippen LogP contribution in [0.25, 0.3) is 0 Å². The number of aliphatic hydroxyl groups is 1. The van der Waals surface area contributed by atoms with Crippen molar-refractivity contribution in [2.45, 2.75) is 38.2 Å². The van der Waals surface area contributed by atoms with Crippen molar-refractivity contribution in [2.24, 2.45) is 5.92 Å². The maximum atomic E-state index is 10.4. The zero-order chi connectivity index (χ0) is 9.90. The Morgan fingerprint density at radius 1 is 1.62 bits per heavy atom. The highest BCUT2D eigenvalue weighted by molar-refractivity contribution is 5.15. The molecule has 2 atom stereocenters. The third-order valence-electron chi connectivity index (χ3n) is 3.19. The van der Waals surface area contributed by atoms with Crippen LogP contribution in [0, 0.1) is 5.92 Å². The number of rotatable bonds is 3. The van der Waals surface area contributed by atoms with Crippen molar-refractivity contribution in [3.63, 3.8) is 0 Å². The van der Waals surface area contributed by atoms with Gasteiger partial charge in [0.2, 0.25) is 0 Å². The molecule has 0 amide bonds. The van der Waals surface area contributed by atoms with E-state index in [4.69, 9.17) is 4.74 Å². The molecule has 1 aliphatic rings. The molecular formula is C11H20O2.